The van der Waals surface area contributed by atoms with Gasteiger partial charge in [-0.2, -0.15) is 0 Å². The third-order valence-corrected chi connectivity index (χ3v) is 6.82. The monoisotopic (exact) mass is 492 g/mol. The molecule has 4 aromatic carbocycles. The molecule has 36 heavy (non-hydrogen) atoms. The molecule has 0 aliphatic rings. The van der Waals surface area contributed by atoms with Crippen LogP contribution in [0.1, 0.15) is 27.5 Å². The van der Waals surface area contributed by atoms with E-state index in [0.29, 0.717) is 5.69 Å². The van der Waals surface area contributed by atoms with E-state index in [2.05, 4.69) is 10.6 Å². The molecule has 0 saturated carbocycles. The van der Waals surface area contributed by atoms with E-state index >= 15 is 0 Å². The van der Waals surface area contributed by atoms with Crippen molar-refractivity contribution in [3.8, 4) is 0 Å². The van der Waals surface area contributed by atoms with Crippen LogP contribution in [0.2, 0.25) is 0 Å². The number of nitrogens with one attached hydrogen (secondary N) is 2. The lowest BCUT2D eigenvalue weighted by atomic mass is 10.1. The second-order valence-corrected chi connectivity index (χ2v) is 9.66. The van der Waals surface area contributed by atoms with Gasteiger partial charge in [0.15, 0.2) is 0 Å². The quantitative estimate of drug-likeness (QED) is 0.199. The Morgan fingerprint density at radius 3 is 2.25 bits per heavy atom. The van der Waals surface area contributed by atoms with Gasteiger partial charge in [-0.25, -0.2) is 0 Å². The highest BCUT2D eigenvalue weighted by Crippen LogP contribution is 2.37. The summed E-state index contributed by atoms with van der Waals surface area (Å²) in [5, 5.41) is 5.56. The van der Waals surface area contributed by atoms with Gasteiger partial charge in [-0.3, -0.25) is 9.59 Å². The van der Waals surface area contributed by atoms with E-state index < -0.39 is 5.25 Å². The molecule has 2 N–H and O–H groups in total. The van der Waals surface area contributed by atoms with E-state index in [0.717, 1.165) is 32.8 Å². The van der Waals surface area contributed by atoms with Crippen molar-refractivity contribution in [3.05, 3.63) is 131 Å². The Labute approximate surface area is 216 Å². The molecule has 180 valence electrons. The summed E-state index contributed by atoms with van der Waals surface area (Å²) in [6.07, 6.45) is 3.29. The number of aryl methyl sites for hydroxylation is 2. The first kappa shape index (κ1) is 25.0. The van der Waals surface area contributed by atoms with Gasteiger partial charge in [-0.1, -0.05) is 78.9 Å². The Bertz CT molecular complexity index is 1370. The SMILES string of the molecule is Cc1ccc(C)c(NC(=O)C(Sc2cccc(NC(=O)/C=C/c3ccccc3)c2)c2ccccc2)c1. The normalized spacial score (nSPS) is 11.7. The number of carbonyl (C=O) groups is 2. The van der Waals surface area contributed by atoms with Crippen LogP contribution in [0.3, 0.4) is 0 Å². The second-order valence-electron chi connectivity index (χ2n) is 8.48. The van der Waals surface area contributed by atoms with Gasteiger partial charge < -0.3 is 10.6 Å². The van der Waals surface area contributed by atoms with Gasteiger partial charge in [0.2, 0.25) is 11.8 Å². The molecule has 0 bridgehead atoms. The zero-order valence-electron chi connectivity index (χ0n) is 20.3. The predicted molar refractivity (Wildman–Crippen MR) is 150 cm³/mol. The molecule has 4 aromatic rings. The summed E-state index contributed by atoms with van der Waals surface area (Å²) in [4.78, 5) is 26.8. The lowest BCUT2D eigenvalue weighted by Crippen LogP contribution is -2.19. The largest absolute Gasteiger partial charge is 0.325 e. The Balaban J connectivity index is 1.51. The van der Waals surface area contributed by atoms with E-state index in [9.17, 15) is 9.59 Å². The molecule has 0 aliphatic carbocycles. The van der Waals surface area contributed by atoms with E-state index in [1.807, 2.05) is 117 Å². The fourth-order valence-corrected chi connectivity index (χ4v) is 4.76. The molecule has 0 fully saturated rings. The maximum absolute atomic E-state index is 13.5. The van der Waals surface area contributed by atoms with Crippen molar-refractivity contribution in [1.29, 1.82) is 0 Å². The predicted octanol–water partition coefficient (Wildman–Crippen LogP) is 7.43. The van der Waals surface area contributed by atoms with E-state index in [4.69, 9.17) is 0 Å². The summed E-state index contributed by atoms with van der Waals surface area (Å²) >= 11 is 1.45. The van der Waals surface area contributed by atoms with Gasteiger partial charge in [0, 0.05) is 22.3 Å². The summed E-state index contributed by atoms with van der Waals surface area (Å²) in [6, 6.07) is 33.0. The molecule has 0 aromatic heterocycles. The van der Waals surface area contributed by atoms with Crippen LogP contribution in [0.5, 0.6) is 0 Å². The first-order valence-corrected chi connectivity index (χ1v) is 12.6. The molecule has 0 radical (unpaired) electrons. The fourth-order valence-electron chi connectivity index (χ4n) is 3.67. The van der Waals surface area contributed by atoms with Crippen molar-refractivity contribution in [2.45, 2.75) is 24.0 Å². The minimum absolute atomic E-state index is 0.0971. The van der Waals surface area contributed by atoms with Crippen LogP contribution in [-0.4, -0.2) is 11.8 Å². The van der Waals surface area contributed by atoms with Gasteiger partial charge in [0.05, 0.1) is 0 Å². The van der Waals surface area contributed by atoms with E-state index in [1.165, 1.54) is 17.8 Å². The zero-order valence-corrected chi connectivity index (χ0v) is 21.1. The zero-order chi connectivity index (χ0) is 25.3. The van der Waals surface area contributed by atoms with Crippen molar-refractivity contribution in [3.63, 3.8) is 0 Å². The molecular weight excluding hydrogens is 464 g/mol. The van der Waals surface area contributed by atoms with Gasteiger partial charge in [0.25, 0.3) is 0 Å². The topological polar surface area (TPSA) is 58.2 Å². The summed E-state index contributed by atoms with van der Waals surface area (Å²) in [6.45, 7) is 3.99. The van der Waals surface area contributed by atoms with Crippen molar-refractivity contribution in [1.82, 2.24) is 0 Å². The number of anilines is 2. The number of amides is 2. The average Bonchev–Trinajstić information content (AvgIpc) is 2.89. The molecule has 0 aliphatic heterocycles. The third-order valence-electron chi connectivity index (χ3n) is 5.57. The molecule has 0 heterocycles. The summed E-state index contributed by atoms with van der Waals surface area (Å²) in [5.41, 5.74) is 5.45. The Morgan fingerprint density at radius 1 is 0.778 bits per heavy atom. The highest BCUT2D eigenvalue weighted by molar-refractivity contribution is 8.00. The molecule has 1 unspecified atom stereocenters. The average molecular weight is 493 g/mol. The van der Waals surface area contributed by atoms with Crippen molar-refractivity contribution < 1.29 is 9.59 Å². The van der Waals surface area contributed by atoms with E-state index in [-0.39, 0.29) is 11.8 Å². The van der Waals surface area contributed by atoms with Crippen LogP contribution >= 0.6 is 11.8 Å². The standard InChI is InChI=1S/C31H28N2O2S/c1-22-16-17-23(2)28(20-22)33-31(35)30(25-12-7-4-8-13-25)36-27-15-9-14-26(21-27)32-29(34)19-18-24-10-5-3-6-11-24/h3-21,30H,1-2H3,(H,32,34)(H,33,35)/b19-18+. The second kappa shape index (κ2) is 12.0. The van der Waals surface area contributed by atoms with Crippen LogP contribution in [0.15, 0.2) is 114 Å². The molecule has 0 spiro atoms. The number of thioether (sulfide) groups is 1. The van der Waals surface area contributed by atoms with Crippen molar-refractivity contribution in [2.75, 3.05) is 10.6 Å². The number of carbonyl (C=O) groups excluding carboxylic acids is 2. The van der Waals surface area contributed by atoms with Crippen LogP contribution in [0.25, 0.3) is 6.08 Å². The smallest absolute Gasteiger partial charge is 0.248 e. The van der Waals surface area contributed by atoms with Crippen LogP contribution in [0, 0.1) is 13.8 Å². The number of hydrogen-bond donors (Lipinski definition) is 2. The fraction of sp³-hybridized carbons (Fsp3) is 0.0968. The third kappa shape index (κ3) is 6.96. The molecule has 5 heteroatoms. The number of hydrogen-bond acceptors (Lipinski definition) is 3. The Kier molecular flexibility index (Phi) is 8.37. The van der Waals surface area contributed by atoms with Crippen LogP contribution in [0.4, 0.5) is 11.4 Å². The van der Waals surface area contributed by atoms with E-state index in [1.54, 1.807) is 6.08 Å². The maximum atomic E-state index is 13.5. The molecular formula is C31H28N2O2S. The van der Waals surface area contributed by atoms with Crippen molar-refractivity contribution >= 4 is 41.0 Å². The van der Waals surface area contributed by atoms with Crippen LogP contribution < -0.4 is 10.6 Å². The molecule has 0 saturated heterocycles. The highest BCUT2D eigenvalue weighted by atomic mass is 32.2. The lowest BCUT2D eigenvalue weighted by molar-refractivity contribution is -0.116. The summed E-state index contributed by atoms with van der Waals surface area (Å²) in [5.74, 6) is -0.312. The van der Waals surface area contributed by atoms with Gasteiger partial charge in [-0.15, -0.1) is 11.8 Å². The minimum Gasteiger partial charge on any atom is -0.325 e. The van der Waals surface area contributed by atoms with Gasteiger partial charge in [0.1, 0.15) is 5.25 Å². The first-order valence-electron chi connectivity index (χ1n) is 11.7. The van der Waals surface area contributed by atoms with Gasteiger partial charge >= 0.3 is 0 Å². The summed E-state index contributed by atoms with van der Waals surface area (Å²) < 4.78 is 0. The van der Waals surface area contributed by atoms with Crippen LogP contribution in [-0.2, 0) is 9.59 Å². The maximum Gasteiger partial charge on any atom is 0.248 e. The Morgan fingerprint density at radius 2 is 1.50 bits per heavy atom. The summed E-state index contributed by atoms with van der Waals surface area (Å²) in [7, 11) is 0. The molecule has 4 nitrogen and oxygen atoms in total. The lowest BCUT2D eigenvalue weighted by Gasteiger charge is -2.18. The molecule has 4 rings (SSSR count). The minimum atomic E-state index is -0.463. The highest BCUT2D eigenvalue weighted by Gasteiger charge is 2.23. The first-order chi connectivity index (χ1) is 17.5. The van der Waals surface area contributed by atoms with Gasteiger partial charge in [-0.05, 0) is 66.4 Å². The number of rotatable bonds is 8. The molecule has 1 atom stereocenters. The Hall–Kier alpha value is -4.09. The molecule has 2 amide bonds. The van der Waals surface area contributed by atoms with Crippen molar-refractivity contribution in [2.24, 2.45) is 0 Å². The number of benzene rings is 4.